The van der Waals surface area contributed by atoms with Crippen molar-refractivity contribution in [2.45, 2.75) is 58.5 Å². The lowest BCUT2D eigenvalue weighted by Gasteiger charge is -2.33. The molecule has 1 aliphatic carbocycles. The minimum absolute atomic E-state index is 0.700. The third-order valence-electron chi connectivity index (χ3n) is 3.02. The van der Waals surface area contributed by atoms with Gasteiger partial charge in [0.05, 0.1) is 0 Å². The topological polar surface area (TPSA) is 12.0 Å². The van der Waals surface area contributed by atoms with Crippen molar-refractivity contribution in [3.63, 3.8) is 0 Å². The van der Waals surface area contributed by atoms with Gasteiger partial charge >= 0.3 is 0 Å². The van der Waals surface area contributed by atoms with Crippen LogP contribution in [0.15, 0.2) is 0 Å². The van der Waals surface area contributed by atoms with E-state index < -0.39 is 0 Å². The van der Waals surface area contributed by atoms with E-state index in [1.54, 1.807) is 0 Å². The zero-order valence-electron chi connectivity index (χ0n) is 8.06. The van der Waals surface area contributed by atoms with Crippen molar-refractivity contribution in [3.05, 3.63) is 0 Å². The lowest BCUT2D eigenvalue weighted by Crippen LogP contribution is -2.41. The number of hydrogen-bond acceptors (Lipinski definition) is 1. The molecule has 0 aliphatic heterocycles. The molecule has 2 unspecified atom stereocenters. The Labute approximate surface area is 70.6 Å². The molecule has 0 aromatic carbocycles. The standard InChI is InChI=1S/C10H21N/c1-4-8(2)11-9(3)10-6-5-7-10/h8-11H,4-7H2,1-3H3. The summed E-state index contributed by atoms with van der Waals surface area (Å²) in [6.45, 7) is 6.84. The summed E-state index contributed by atoms with van der Waals surface area (Å²) in [5.41, 5.74) is 0. The van der Waals surface area contributed by atoms with E-state index in [2.05, 4.69) is 26.1 Å². The maximum atomic E-state index is 3.63. The van der Waals surface area contributed by atoms with Crippen molar-refractivity contribution in [2.75, 3.05) is 0 Å². The van der Waals surface area contributed by atoms with Gasteiger partial charge < -0.3 is 5.32 Å². The monoisotopic (exact) mass is 155 g/mol. The molecular weight excluding hydrogens is 134 g/mol. The van der Waals surface area contributed by atoms with Gasteiger partial charge in [0.2, 0.25) is 0 Å². The van der Waals surface area contributed by atoms with Gasteiger partial charge in [-0.25, -0.2) is 0 Å². The Morgan fingerprint density at radius 2 is 2.00 bits per heavy atom. The summed E-state index contributed by atoms with van der Waals surface area (Å²) in [4.78, 5) is 0. The molecule has 0 saturated heterocycles. The predicted molar refractivity (Wildman–Crippen MR) is 49.7 cm³/mol. The summed E-state index contributed by atoms with van der Waals surface area (Å²) in [6.07, 6.45) is 5.60. The number of rotatable bonds is 4. The molecular formula is C10H21N. The van der Waals surface area contributed by atoms with Crippen LogP contribution in [0.25, 0.3) is 0 Å². The highest BCUT2D eigenvalue weighted by atomic mass is 14.9. The van der Waals surface area contributed by atoms with Crippen molar-refractivity contribution in [3.8, 4) is 0 Å². The molecule has 1 saturated carbocycles. The molecule has 1 N–H and O–H groups in total. The van der Waals surface area contributed by atoms with Gasteiger partial charge in [0.1, 0.15) is 0 Å². The molecule has 1 fully saturated rings. The third kappa shape index (κ3) is 2.48. The molecule has 0 amide bonds. The van der Waals surface area contributed by atoms with Crippen LogP contribution in [0, 0.1) is 5.92 Å². The Kier molecular flexibility index (Phi) is 3.38. The molecule has 0 aromatic heterocycles. The minimum Gasteiger partial charge on any atom is -0.312 e. The zero-order valence-corrected chi connectivity index (χ0v) is 8.06. The van der Waals surface area contributed by atoms with Crippen LogP contribution in [-0.4, -0.2) is 12.1 Å². The fourth-order valence-electron chi connectivity index (χ4n) is 1.64. The first-order valence-corrected chi connectivity index (χ1v) is 5.00. The Morgan fingerprint density at radius 3 is 2.36 bits per heavy atom. The maximum absolute atomic E-state index is 3.63. The van der Waals surface area contributed by atoms with Gasteiger partial charge in [-0.05, 0) is 39.0 Å². The van der Waals surface area contributed by atoms with E-state index in [1.807, 2.05) is 0 Å². The number of nitrogens with one attached hydrogen (secondary N) is 1. The fraction of sp³-hybridized carbons (Fsp3) is 1.00. The molecule has 66 valence electrons. The fourth-order valence-corrected chi connectivity index (χ4v) is 1.64. The second-order valence-electron chi connectivity index (χ2n) is 3.96. The second kappa shape index (κ2) is 4.10. The molecule has 1 rings (SSSR count). The van der Waals surface area contributed by atoms with Crippen LogP contribution < -0.4 is 5.32 Å². The summed E-state index contributed by atoms with van der Waals surface area (Å²) in [5.74, 6) is 0.976. The van der Waals surface area contributed by atoms with Gasteiger partial charge in [-0.3, -0.25) is 0 Å². The molecule has 0 aromatic rings. The van der Waals surface area contributed by atoms with Crippen LogP contribution >= 0.6 is 0 Å². The first kappa shape index (κ1) is 9.05. The molecule has 1 heteroatoms. The first-order valence-electron chi connectivity index (χ1n) is 5.00. The Bertz CT molecular complexity index is 107. The SMILES string of the molecule is CCC(C)NC(C)C1CCC1. The second-order valence-corrected chi connectivity index (χ2v) is 3.96. The first-order chi connectivity index (χ1) is 5.24. The summed E-state index contributed by atoms with van der Waals surface area (Å²) >= 11 is 0. The summed E-state index contributed by atoms with van der Waals surface area (Å²) in [7, 11) is 0. The summed E-state index contributed by atoms with van der Waals surface area (Å²) < 4.78 is 0. The van der Waals surface area contributed by atoms with Crippen molar-refractivity contribution in [1.29, 1.82) is 0 Å². The van der Waals surface area contributed by atoms with Gasteiger partial charge in [-0.2, -0.15) is 0 Å². The van der Waals surface area contributed by atoms with Gasteiger partial charge in [-0.1, -0.05) is 13.3 Å². The van der Waals surface area contributed by atoms with Crippen molar-refractivity contribution < 1.29 is 0 Å². The average molecular weight is 155 g/mol. The number of hydrogen-bond donors (Lipinski definition) is 1. The average Bonchev–Trinajstić information content (AvgIpc) is 1.83. The Hall–Kier alpha value is -0.0400. The molecule has 11 heavy (non-hydrogen) atoms. The Morgan fingerprint density at radius 1 is 1.36 bits per heavy atom. The van der Waals surface area contributed by atoms with Gasteiger partial charge in [-0.15, -0.1) is 0 Å². The van der Waals surface area contributed by atoms with E-state index in [9.17, 15) is 0 Å². The smallest absolute Gasteiger partial charge is 0.00694 e. The van der Waals surface area contributed by atoms with Crippen molar-refractivity contribution in [2.24, 2.45) is 5.92 Å². The highest BCUT2D eigenvalue weighted by Gasteiger charge is 2.23. The zero-order chi connectivity index (χ0) is 8.27. The predicted octanol–water partition coefficient (Wildman–Crippen LogP) is 2.56. The van der Waals surface area contributed by atoms with E-state index in [0.717, 1.165) is 12.0 Å². The van der Waals surface area contributed by atoms with E-state index in [0.29, 0.717) is 6.04 Å². The lowest BCUT2D eigenvalue weighted by molar-refractivity contribution is 0.228. The van der Waals surface area contributed by atoms with Crippen molar-refractivity contribution in [1.82, 2.24) is 5.32 Å². The maximum Gasteiger partial charge on any atom is 0.00694 e. The third-order valence-corrected chi connectivity index (χ3v) is 3.02. The van der Waals surface area contributed by atoms with Gasteiger partial charge in [0.15, 0.2) is 0 Å². The summed E-state index contributed by atoms with van der Waals surface area (Å²) in [6, 6.07) is 1.45. The molecule has 1 nitrogen and oxygen atoms in total. The van der Waals surface area contributed by atoms with Gasteiger partial charge in [0.25, 0.3) is 0 Å². The molecule has 0 heterocycles. The molecule has 0 spiro atoms. The van der Waals surface area contributed by atoms with E-state index in [-0.39, 0.29) is 0 Å². The van der Waals surface area contributed by atoms with Crippen LogP contribution in [0.2, 0.25) is 0 Å². The molecule has 0 bridgehead atoms. The van der Waals surface area contributed by atoms with Crippen molar-refractivity contribution >= 4 is 0 Å². The Balaban J connectivity index is 2.13. The lowest BCUT2D eigenvalue weighted by atomic mass is 9.80. The van der Waals surface area contributed by atoms with Crippen LogP contribution in [-0.2, 0) is 0 Å². The van der Waals surface area contributed by atoms with Crippen LogP contribution in [0.5, 0.6) is 0 Å². The van der Waals surface area contributed by atoms with E-state index in [4.69, 9.17) is 0 Å². The van der Waals surface area contributed by atoms with E-state index >= 15 is 0 Å². The molecule has 2 atom stereocenters. The minimum atomic E-state index is 0.700. The highest BCUT2D eigenvalue weighted by Crippen LogP contribution is 2.29. The van der Waals surface area contributed by atoms with Crippen LogP contribution in [0.3, 0.4) is 0 Å². The summed E-state index contributed by atoms with van der Waals surface area (Å²) in [5, 5.41) is 3.63. The van der Waals surface area contributed by atoms with Crippen LogP contribution in [0.1, 0.15) is 46.5 Å². The highest BCUT2D eigenvalue weighted by molar-refractivity contribution is 4.80. The van der Waals surface area contributed by atoms with Gasteiger partial charge in [0, 0.05) is 12.1 Å². The van der Waals surface area contributed by atoms with Crippen LogP contribution in [0.4, 0.5) is 0 Å². The quantitative estimate of drug-likeness (QED) is 0.658. The molecule has 0 radical (unpaired) electrons. The van der Waals surface area contributed by atoms with E-state index in [1.165, 1.54) is 25.7 Å². The molecule has 1 aliphatic rings. The largest absolute Gasteiger partial charge is 0.312 e. The normalized spacial score (nSPS) is 24.3.